The van der Waals surface area contributed by atoms with Gasteiger partial charge in [-0.15, -0.1) is 0 Å². The molecule has 0 radical (unpaired) electrons. The standard InChI is InChI=1S/C20H17BrClFN4O2/c21-13-6-4-12(5-7-13)18-25-19(29-26-18)17-3-1-2-10-27(17)20(28)24-14-8-9-16(23)15(22)11-14/h4-9,11,17H,1-3,10H2,(H,24,28). The summed E-state index contributed by atoms with van der Waals surface area (Å²) in [5.41, 5.74) is 1.25. The van der Waals surface area contributed by atoms with Crippen LogP contribution < -0.4 is 5.32 Å². The third-order valence-corrected chi connectivity index (χ3v) is 5.58. The zero-order valence-corrected chi connectivity index (χ0v) is 17.6. The summed E-state index contributed by atoms with van der Waals surface area (Å²) in [5.74, 6) is 0.338. The smallest absolute Gasteiger partial charge is 0.322 e. The SMILES string of the molecule is O=C(Nc1ccc(F)c(Cl)c1)N1CCCCC1c1nc(-c2ccc(Br)cc2)no1. The highest BCUT2D eigenvalue weighted by Crippen LogP contribution is 2.32. The van der Waals surface area contributed by atoms with E-state index in [9.17, 15) is 9.18 Å². The molecule has 3 aromatic rings. The number of hydrogen-bond donors (Lipinski definition) is 1. The average molecular weight is 480 g/mol. The lowest BCUT2D eigenvalue weighted by Crippen LogP contribution is -2.41. The minimum Gasteiger partial charge on any atom is -0.337 e. The van der Waals surface area contributed by atoms with Gasteiger partial charge in [0.2, 0.25) is 11.7 Å². The largest absolute Gasteiger partial charge is 0.337 e. The Labute approximate surface area is 180 Å². The van der Waals surface area contributed by atoms with Crippen molar-refractivity contribution in [3.8, 4) is 11.4 Å². The third-order valence-electron chi connectivity index (χ3n) is 4.76. The minimum atomic E-state index is -0.535. The van der Waals surface area contributed by atoms with Gasteiger partial charge >= 0.3 is 6.03 Å². The Balaban J connectivity index is 1.53. The third kappa shape index (κ3) is 4.43. The van der Waals surface area contributed by atoms with Crippen LogP contribution in [0.3, 0.4) is 0 Å². The predicted molar refractivity (Wildman–Crippen MR) is 111 cm³/mol. The van der Waals surface area contributed by atoms with E-state index in [2.05, 4.69) is 31.4 Å². The van der Waals surface area contributed by atoms with Crippen molar-refractivity contribution >= 4 is 39.2 Å². The van der Waals surface area contributed by atoms with Crippen LogP contribution in [0.1, 0.15) is 31.2 Å². The van der Waals surface area contributed by atoms with Gasteiger partial charge in [-0.2, -0.15) is 4.98 Å². The number of piperidine rings is 1. The molecule has 0 aliphatic carbocycles. The maximum absolute atomic E-state index is 13.4. The lowest BCUT2D eigenvalue weighted by Gasteiger charge is -2.33. The molecule has 1 fully saturated rings. The molecule has 1 aliphatic heterocycles. The van der Waals surface area contributed by atoms with Crippen molar-refractivity contribution in [1.29, 1.82) is 0 Å². The van der Waals surface area contributed by atoms with Gasteiger partial charge in [-0.25, -0.2) is 9.18 Å². The van der Waals surface area contributed by atoms with Gasteiger partial charge in [0.25, 0.3) is 0 Å². The Morgan fingerprint density at radius 3 is 2.79 bits per heavy atom. The number of hydrogen-bond acceptors (Lipinski definition) is 4. The van der Waals surface area contributed by atoms with Crippen molar-refractivity contribution in [3.05, 3.63) is 63.7 Å². The van der Waals surface area contributed by atoms with Gasteiger partial charge < -0.3 is 14.7 Å². The van der Waals surface area contributed by atoms with Gasteiger partial charge in [-0.05, 0) is 61.7 Å². The molecule has 0 spiro atoms. The summed E-state index contributed by atoms with van der Waals surface area (Å²) in [6.07, 6.45) is 2.55. The first-order valence-corrected chi connectivity index (χ1v) is 10.3. The Bertz CT molecular complexity index is 1030. The number of likely N-dealkylation sites (tertiary alicyclic amines) is 1. The second-order valence-electron chi connectivity index (χ2n) is 6.73. The molecule has 2 amide bonds. The van der Waals surface area contributed by atoms with E-state index in [0.717, 1.165) is 29.3 Å². The second-order valence-corrected chi connectivity index (χ2v) is 8.05. The molecule has 1 N–H and O–H groups in total. The molecule has 9 heteroatoms. The number of carbonyl (C=O) groups is 1. The number of aromatic nitrogens is 2. The molecule has 2 heterocycles. The van der Waals surface area contributed by atoms with Crippen molar-refractivity contribution in [2.75, 3.05) is 11.9 Å². The molecular formula is C20H17BrClFN4O2. The normalized spacial score (nSPS) is 16.7. The van der Waals surface area contributed by atoms with Crippen molar-refractivity contribution in [3.63, 3.8) is 0 Å². The monoisotopic (exact) mass is 478 g/mol. The molecule has 4 rings (SSSR count). The topological polar surface area (TPSA) is 71.3 Å². The average Bonchev–Trinajstić information content (AvgIpc) is 3.21. The van der Waals surface area contributed by atoms with E-state index in [1.54, 1.807) is 4.90 Å². The number of benzene rings is 2. The summed E-state index contributed by atoms with van der Waals surface area (Å²) in [7, 11) is 0. The van der Waals surface area contributed by atoms with E-state index in [0.29, 0.717) is 23.9 Å². The molecule has 29 heavy (non-hydrogen) atoms. The van der Waals surface area contributed by atoms with Crippen molar-refractivity contribution in [2.24, 2.45) is 0 Å². The fourth-order valence-corrected chi connectivity index (χ4v) is 3.73. The fourth-order valence-electron chi connectivity index (χ4n) is 3.29. The van der Waals surface area contributed by atoms with E-state index in [1.807, 2.05) is 24.3 Å². The molecule has 1 unspecified atom stereocenters. The zero-order valence-electron chi connectivity index (χ0n) is 15.2. The molecule has 2 aromatic carbocycles. The van der Waals surface area contributed by atoms with Crippen LogP contribution in [-0.4, -0.2) is 27.6 Å². The Kier molecular flexibility index (Phi) is 5.82. The number of nitrogens with zero attached hydrogens (tertiary/aromatic N) is 3. The van der Waals surface area contributed by atoms with Gasteiger partial charge in [-0.3, -0.25) is 0 Å². The predicted octanol–water partition coefficient (Wildman–Crippen LogP) is 6.05. The number of rotatable bonds is 3. The highest BCUT2D eigenvalue weighted by atomic mass is 79.9. The van der Waals surface area contributed by atoms with Crippen LogP contribution >= 0.6 is 27.5 Å². The van der Waals surface area contributed by atoms with Crippen molar-refractivity contribution in [1.82, 2.24) is 15.0 Å². The maximum Gasteiger partial charge on any atom is 0.322 e. The number of nitrogens with one attached hydrogen (secondary N) is 1. The fraction of sp³-hybridized carbons (Fsp3) is 0.250. The molecule has 6 nitrogen and oxygen atoms in total. The molecule has 1 atom stereocenters. The molecule has 1 aliphatic rings. The lowest BCUT2D eigenvalue weighted by atomic mass is 10.0. The summed E-state index contributed by atoms with van der Waals surface area (Å²) in [5, 5.41) is 6.79. The quantitative estimate of drug-likeness (QED) is 0.496. The van der Waals surface area contributed by atoms with E-state index in [1.165, 1.54) is 18.2 Å². The van der Waals surface area contributed by atoms with Crippen LogP contribution in [0.2, 0.25) is 5.02 Å². The summed E-state index contributed by atoms with van der Waals surface area (Å²) >= 11 is 9.20. The maximum atomic E-state index is 13.4. The van der Waals surface area contributed by atoms with Crippen LogP contribution in [0.5, 0.6) is 0 Å². The van der Waals surface area contributed by atoms with Crippen LogP contribution in [0.4, 0.5) is 14.9 Å². The number of halogens is 3. The highest BCUT2D eigenvalue weighted by molar-refractivity contribution is 9.10. The van der Waals surface area contributed by atoms with Gasteiger partial charge in [0, 0.05) is 22.3 Å². The molecule has 0 saturated carbocycles. The van der Waals surface area contributed by atoms with E-state index in [-0.39, 0.29) is 17.1 Å². The summed E-state index contributed by atoms with van der Waals surface area (Å²) in [6.45, 7) is 0.557. The number of carbonyl (C=O) groups excluding carboxylic acids is 1. The Morgan fingerprint density at radius 1 is 1.24 bits per heavy atom. The molecule has 150 valence electrons. The van der Waals surface area contributed by atoms with Gasteiger partial charge in [0.05, 0.1) is 5.02 Å². The highest BCUT2D eigenvalue weighted by Gasteiger charge is 2.32. The first kappa shape index (κ1) is 19.8. The van der Waals surface area contributed by atoms with E-state index < -0.39 is 5.82 Å². The van der Waals surface area contributed by atoms with Gasteiger partial charge in [0.1, 0.15) is 11.9 Å². The van der Waals surface area contributed by atoms with Crippen LogP contribution in [0, 0.1) is 5.82 Å². The molecular weight excluding hydrogens is 463 g/mol. The number of urea groups is 1. The molecule has 1 saturated heterocycles. The summed E-state index contributed by atoms with van der Waals surface area (Å²) in [4.78, 5) is 19.0. The second kappa shape index (κ2) is 8.51. The first-order valence-electron chi connectivity index (χ1n) is 9.13. The summed E-state index contributed by atoms with van der Waals surface area (Å²) in [6, 6.07) is 11.0. The Morgan fingerprint density at radius 2 is 2.03 bits per heavy atom. The summed E-state index contributed by atoms with van der Waals surface area (Å²) < 4.78 is 19.8. The molecule has 1 aromatic heterocycles. The van der Waals surface area contributed by atoms with Gasteiger partial charge in [-0.1, -0.05) is 32.7 Å². The number of amides is 2. The number of anilines is 1. The lowest BCUT2D eigenvalue weighted by molar-refractivity contribution is 0.142. The van der Waals surface area contributed by atoms with Crippen LogP contribution in [-0.2, 0) is 0 Å². The minimum absolute atomic E-state index is 0.0472. The van der Waals surface area contributed by atoms with E-state index in [4.69, 9.17) is 16.1 Å². The molecule has 0 bridgehead atoms. The van der Waals surface area contributed by atoms with Crippen molar-refractivity contribution < 1.29 is 13.7 Å². The Hall–Kier alpha value is -2.45. The van der Waals surface area contributed by atoms with Crippen LogP contribution in [0.15, 0.2) is 51.5 Å². The van der Waals surface area contributed by atoms with Crippen LogP contribution in [0.25, 0.3) is 11.4 Å². The zero-order chi connectivity index (χ0) is 20.4. The van der Waals surface area contributed by atoms with Gasteiger partial charge in [0.15, 0.2) is 0 Å². The van der Waals surface area contributed by atoms with Crippen molar-refractivity contribution in [2.45, 2.75) is 25.3 Å². The van der Waals surface area contributed by atoms with E-state index >= 15 is 0 Å². The first-order chi connectivity index (χ1) is 14.0.